The topological polar surface area (TPSA) is 26.5 Å². The van der Waals surface area contributed by atoms with Crippen LogP contribution in [0.5, 0.6) is 5.75 Å². The molecule has 0 N–H and O–H groups in total. The van der Waals surface area contributed by atoms with E-state index < -0.39 is 0 Å². The van der Waals surface area contributed by atoms with Crippen LogP contribution in [0.15, 0.2) is 100.0 Å². The molecule has 0 radical (unpaired) electrons. The molecule has 0 fully saturated rings. The predicted octanol–water partition coefficient (Wildman–Crippen LogP) is 12.4. The van der Waals surface area contributed by atoms with E-state index in [-0.39, 0.29) is 34.7 Å². The van der Waals surface area contributed by atoms with Gasteiger partial charge in [0.05, 0.1) is 21.5 Å². The van der Waals surface area contributed by atoms with Gasteiger partial charge in [-0.3, -0.25) is 4.99 Å². The van der Waals surface area contributed by atoms with Gasteiger partial charge in [0.1, 0.15) is 17.7 Å². The molecule has 256 valence electrons. The fourth-order valence-electron chi connectivity index (χ4n) is 7.83. The van der Waals surface area contributed by atoms with Crippen LogP contribution in [0.4, 0.5) is 10.1 Å². The van der Waals surface area contributed by atoms with E-state index in [9.17, 15) is 4.39 Å². The summed E-state index contributed by atoms with van der Waals surface area (Å²) in [4.78, 5) is 7.18. The number of nitrogens with zero attached hydrogens (tertiary/aromatic N) is 2. The molecule has 1 aliphatic rings. The van der Waals surface area contributed by atoms with Gasteiger partial charge in [-0.15, -0.1) is 23.5 Å². The van der Waals surface area contributed by atoms with Crippen LogP contribution in [0.25, 0.3) is 0 Å². The molecular formula is C42H53FN2OS2. The van der Waals surface area contributed by atoms with Gasteiger partial charge in [-0.2, -0.15) is 0 Å². The predicted molar refractivity (Wildman–Crippen MR) is 206 cm³/mol. The second kappa shape index (κ2) is 15.7. The van der Waals surface area contributed by atoms with Crippen LogP contribution < -0.4 is 4.74 Å². The van der Waals surface area contributed by atoms with E-state index in [1.54, 1.807) is 35.7 Å². The highest BCUT2D eigenvalue weighted by molar-refractivity contribution is 7.99. The summed E-state index contributed by atoms with van der Waals surface area (Å²) >= 11 is 3.09. The molecule has 4 aromatic rings. The number of rotatable bonds is 9. The maximum Gasteiger partial charge on any atom is 0.147 e. The van der Waals surface area contributed by atoms with Crippen molar-refractivity contribution in [3.63, 3.8) is 0 Å². The Morgan fingerprint density at radius 3 is 2.21 bits per heavy atom. The number of hydrogen-bond acceptors (Lipinski definition) is 4. The Balaban J connectivity index is 1.74. The molecule has 3 aromatic carbocycles. The minimum Gasteiger partial charge on any atom is -0.488 e. The summed E-state index contributed by atoms with van der Waals surface area (Å²) in [5.41, 5.74) is 4.63. The van der Waals surface area contributed by atoms with E-state index in [1.807, 2.05) is 12.5 Å². The number of fused-ring (bicyclic) bond motifs is 1. The van der Waals surface area contributed by atoms with Crippen LogP contribution >= 0.6 is 23.5 Å². The first-order valence-electron chi connectivity index (χ1n) is 17.5. The van der Waals surface area contributed by atoms with Crippen molar-refractivity contribution in [2.45, 2.75) is 112 Å². The van der Waals surface area contributed by atoms with E-state index in [0.717, 1.165) is 53.3 Å². The summed E-state index contributed by atoms with van der Waals surface area (Å²) in [6.07, 6.45) is 15.0. The average Bonchev–Trinajstić information content (AvgIpc) is 3.65. The molecule has 0 aliphatic carbocycles. The third kappa shape index (κ3) is 7.16. The quantitative estimate of drug-likeness (QED) is 0.164. The van der Waals surface area contributed by atoms with Gasteiger partial charge in [-0.1, -0.05) is 90.1 Å². The number of halogens is 1. The normalized spacial score (nSPS) is 25.5. The monoisotopic (exact) mass is 684 g/mol. The van der Waals surface area contributed by atoms with E-state index in [4.69, 9.17) is 9.73 Å². The second-order valence-electron chi connectivity index (χ2n) is 14.0. The molecule has 6 atom stereocenters. The van der Waals surface area contributed by atoms with Crippen molar-refractivity contribution in [2.24, 2.45) is 10.9 Å². The molecule has 0 spiro atoms. The Morgan fingerprint density at radius 2 is 1.60 bits per heavy atom. The van der Waals surface area contributed by atoms with E-state index in [2.05, 4.69) is 125 Å². The molecule has 0 bridgehead atoms. The van der Waals surface area contributed by atoms with Gasteiger partial charge in [-0.25, -0.2) is 4.39 Å². The molecule has 6 heteroatoms. The Bertz CT molecular complexity index is 1650. The van der Waals surface area contributed by atoms with Gasteiger partial charge in [0, 0.05) is 29.4 Å². The zero-order valence-corrected chi connectivity index (χ0v) is 31.6. The Hall–Kier alpha value is -2.96. The van der Waals surface area contributed by atoms with Gasteiger partial charge in [0.2, 0.25) is 0 Å². The number of hydrogen-bond donors (Lipinski definition) is 0. The number of ether oxygens (including phenoxy) is 1. The first-order chi connectivity index (χ1) is 23.1. The molecule has 1 aromatic heterocycles. The van der Waals surface area contributed by atoms with Gasteiger partial charge in [0.15, 0.2) is 0 Å². The molecule has 3 nitrogen and oxygen atoms in total. The third-order valence-electron chi connectivity index (χ3n) is 11.3. The van der Waals surface area contributed by atoms with Crippen LogP contribution in [0.3, 0.4) is 0 Å². The Morgan fingerprint density at radius 1 is 0.938 bits per heavy atom. The van der Waals surface area contributed by atoms with Crippen LogP contribution in [-0.4, -0.2) is 29.4 Å². The van der Waals surface area contributed by atoms with Crippen molar-refractivity contribution >= 4 is 35.4 Å². The van der Waals surface area contributed by atoms with Gasteiger partial charge in [-0.05, 0) is 97.4 Å². The van der Waals surface area contributed by atoms with Crippen molar-refractivity contribution in [1.82, 2.24) is 4.57 Å². The molecule has 0 amide bonds. The standard InChI is InChI=1S/C42H53FN2OS2/c1-9-29(3)34-19-16-20-35-39(34)44-28-33(45-23-14-15-24-45)21-22-36(46-40-37(47-7)25-32(43)26-38(40)48-8)30(4)27-42(6,41(35,5)10-2)31-17-12-11-13-18-31/h11-20,23-26,28-30,33,36H,9-10,21-22,27H2,1-8H3. The number of aliphatic imine (C=N–C) groups is 1. The lowest BCUT2D eigenvalue weighted by Gasteiger charge is -2.50. The van der Waals surface area contributed by atoms with Gasteiger partial charge in [0.25, 0.3) is 0 Å². The fraction of sp³-hybridized carbons (Fsp3) is 0.452. The van der Waals surface area contributed by atoms with Gasteiger partial charge < -0.3 is 9.30 Å². The van der Waals surface area contributed by atoms with Crippen molar-refractivity contribution in [3.8, 4) is 5.75 Å². The van der Waals surface area contributed by atoms with E-state index in [1.165, 1.54) is 16.7 Å². The highest BCUT2D eigenvalue weighted by atomic mass is 32.2. The molecule has 5 rings (SSSR count). The van der Waals surface area contributed by atoms with Crippen molar-refractivity contribution < 1.29 is 9.13 Å². The first-order valence-corrected chi connectivity index (χ1v) is 20.0. The SMILES string of the molecule is CCC(C)c1cccc2c1N=CC(n1cccc1)CCC(Oc1c(SC)cc(F)cc1SC)C(C)CC(C)(c1ccccc1)C2(C)CC. The van der Waals surface area contributed by atoms with Crippen LogP contribution in [0.2, 0.25) is 0 Å². The maximum absolute atomic E-state index is 14.7. The number of para-hydroxylation sites is 1. The smallest absolute Gasteiger partial charge is 0.147 e. The summed E-state index contributed by atoms with van der Waals surface area (Å²) < 4.78 is 24.1. The van der Waals surface area contributed by atoms with Crippen LogP contribution in [0.1, 0.15) is 102 Å². The first kappa shape index (κ1) is 36.3. The van der Waals surface area contributed by atoms with Crippen molar-refractivity contribution in [1.29, 1.82) is 0 Å². The fourth-order valence-corrected chi connectivity index (χ4v) is 9.04. The minimum atomic E-state index is -0.241. The maximum atomic E-state index is 14.7. The molecule has 0 saturated carbocycles. The zero-order chi connectivity index (χ0) is 34.5. The molecule has 0 saturated heterocycles. The molecule has 48 heavy (non-hydrogen) atoms. The van der Waals surface area contributed by atoms with Crippen molar-refractivity contribution in [3.05, 3.63) is 108 Å². The summed E-state index contributed by atoms with van der Waals surface area (Å²) in [6, 6.07) is 25.4. The number of aromatic nitrogens is 1. The van der Waals surface area contributed by atoms with Crippen molar-refractivity contribution in [2.75, 3.05) is 12.5 Å². The van der Waals surface area contributed by atoms with E-state index >= 15 is 0 Å². The Labute approximate surface area is 297 Å². The molecule has 1 aliphatic heterocycles. The van der Waals surface area contributed by atoms with Crippen LogP contribution in [0, 0.1) is 11.7 Å². The largest absolute Gasteiger partial charge is 0.488 e. The second-order valence-corrected chi connectivity index (χ2v) is 15.7. The molecular weight excluding hydrogens is 632 g/mol. The lowest BCUT2D eigenvalue weighted by Crippen LogP contribution is -2.47. The average molecular weight is 685 g/mol. The summed E-state index contributed by atoms with van der Waals surface area (Å²) in [5, 5.41) is 0. The number of thioether (sulfide) groups is 2. The summed E-state index contributed by atoms with van der Waals surface area (Å²) in [7, 11) is 0. The highest BCUT2D eigenvalue weighted by Crippen LogP contribution is 2.54. The highest BCUT2D eigenvalue weighted by Gasteiger charge is 2.49. The lowest BCUT2D eigenvalue weighted by molar-refractivity contribution is 0.0849. The number of benzene rings is 3. The van der Waals surface area contributed by atoms with Gasteiger partial charge >= 0.3 is 0 Å². The minimum absolute atomic E-state index is 0.0669. The summed E-state index contributed by atoms with van der Waals surface area (Å²) in [5.74, 6) is 1.16. The third-order valence-corrected chi connectivity index (χ3v) is 12.8. The lowest BCUT2D eigenvalue weighted by atomic mass is 9.54. The van der Waals surface area contributed by atoms with E-state index in [0.29, 0.717) is 5.92 Å². The van der Waals surface area contributed by atoms with Crippen LogP contribution in [-0.2, 0) is 10.8 Å². The summed E-state index contributed by atoms with van der Waals surface area (Å²) in [6.45, 7) is 14.2. The Kier molecular flexibility index (Phi) is 11.9. The zero-order valence-electron chi connectivity index (χ0n) is 30.0. The molecule has 2 heterocycles. The molecule has 6 unspecified atom stereocenters.